The number of nitrogens with one attached hydrogen (secondary N) is 2. The third kappa shape index (κ3) is 12.3. The maximum atomic E-state index is 12.1. The average molecular weight is 432 g/mol. The van der Waals surface area contributed by atoms with Gasteiger partial charge in [-0.25, -0.2) is 9.59 Å². The fourth-order valence-electron chi connectivity index (χ4n) is 2.27. The molecule has 0 radical (unpaired) electrons. The van der Waals surface area contributed by atoms with Gasteiger partial charge in [0.1, 0.15) is 12.1 Å². The second kappa shape index (κ2) is 14.8. The molecular weight excluding hydrogens is 404 g/mol. The number of rotatable bonds is 15. The van der Waals surface area contributed by atoms with E-state index in [0.717, 1.165) is 0 Å². The van der Waals surface area contributed by atoms with Crippen molar-refractivity contribution in [3.05, 3.63) is 0 Å². The Kier molecular flexibility index (Phi) is 13.2. The Morgan fingerprint density at radius 2 is 1.23 bits per heavy atom. The van der Waals surface area contributed by atoms with Gasteiger partial charge < -0.3 is 30.3 Å². The van der Waals surface area contributed by atoms with Crippen LogP contribution in [0.3, 0.4) is 0 Å². The molecule has 0 aromatic heterocycles. The van der Waals surface area contributed by atoms with E-state index >= 15 is 0 Å². The molecule has 2 atom stereocenters. The molecule has 170 valence electrons. The summed E-state index contributed by atoms with van der Waals surface area (Å²) in [5.74, 6) is -5.31. The van der Waals surface area contributed by atoms with Crippen LogP contribution in [0.2, 0.25) is 0 Å². The summed E-state index contributed by atoms with van der Waals surface area (Å²) in [7, 11) is 0. The fraction of sp³-hybridized carbons (Fsp3) is 0.667. The summed E-state index contributed by atoms with van der Waals surface area (Å²) in [6, 6.07) is -2.50. The number of ether oxygens (including phenoxy) is 2. The van der Waals surface area contributed by atoms with Crippen molar-refractivity contribution in [2.75, 3.05) is 13.2 Å². The van der Waals surface area contributed by atoms with Crippen molar-refractivity contribution in [1.29, 1.82) is 0 Å². The van der Waals surface area contributed by atoms with Crippen LogP contribution in [0.15, 0.2) is 0 Å². The number of amides is 2. The zero-order chi connectivity index (χ0) is 23.1. The minimum Gasteiger partial charge on any atom is -0.481 e. The quantitative estimate of drug-likeness (QED) is 0.248. The molecule has 2 amide bonds. The number of hydrogen-bond acceptors (Lipinski definition) is 8. The molecule has 0 rings (SSSR count). The lowest BCUT2D eigenvalue weighted by atomic mass is 10.1. The van der Waals surface area contributed by atoms with Gasteiger partial charge in [-0.2, -0.15) is 0 Å². The molecule has 0 aromatic carbocycles. The van der Waals surface area contributed by atoms with Gasteiger partial charge in [-0.15, -0.1) is 0 Å². The van der Waals surface area contributed by atoms with E-state index in [1.807, 2.05) is 0 Å². The standard InChI is InChI=1S/C18H28N2O10/c1-3-29-16(25)10-6-12(18(28)30-4-2)20-14(22)8-7-13(21)19-11(17(26)27)5-9-15(23)24/h11-12H,3-10H2,1-2H3,(H,19,21)(H,20,22)(H,23,24)(H,26,27). The number of carboxylic acid groups (broad SMARTS) is 2. The highest BCUT2D eigenvalue weighted by Gasteiger charge is 2.25. The molecule has 0 aliphatic heterocycles. The van der Waals surface area contributed by atoms with E-state index in [-0.39, 0.29) is 45.3 Å². The van der Waals surface area contributed by atoms with Crippen LogP contribution in [-0.2, 0) is 38.2 Å². The van der Waals surface area contributed by atoms with Gasteiger partial charge in [0.05, 0.1) is 13.2 Å². The van der Waals surface area contributed by atoms with Crippen LogP contribution in [0.25, 0.3) is 0 Å². The van der Waals surface area contributed by atoms with E-state index in [2.05, 4.69) is 10.6 Å². The SMILES string of the molecule is CCOC(=O)CCC(NC(=O)CCC(=O)NC(CCC(=O)O)C(=O)O)C(=O)OCC. The van der Waals surface area contributed by atoms with Gasteiger partial charge in [0, 0.05) is 25.7 Å². The predicted molar refractivity (Wildman–Crippen MR) is 100 cm³/mol. The Bertz CT molecular complexity index is 634. The van der Waals surface area contributed by atoms with Gasteiger partial charge in [0.25, 0.3) is 0 Å². The topological polar surface area (TPSA) is 185 Å². The van der Waals surface area contributed by atoms with E-state index in [0.29, 0.717) is 0 Å². The lowest BCUT2D eigenvalue weighted by Crippen LogP contribution is -2.43. The fourth-order valence-corrected chi connectivity index (χ4v) is 2.27. The lowest BCUT2D eigenvalue weighted by molar-refractivity contribution is -0.149. The highest BCUT2D eigenvalue weighted by molar-refractivity contribution is 5.89. The highest BCUT2D eigenvalue weighted by Crippen LogP contribution is 2.04. The summed E-state index contributed by atoms with van der Waals surface area (Å²) in [4.78, 5) is 68.9. The number of hydrogen-bond donors (Lipinski definition) is 4. The number of carboxylic acids is 2. The van der Waals surface area contributed by atoms with Crippen molar-refractivity contribution in [2.45, 2.75) is 64.5 Å². The monoisotopic (exact) mass is 432 g/mol. The van der Waals surface area contributed by atoms with E-state index < -0.39 is 54.2 Å². The second-order valence-corrected chi connectivity index (χ2v) is 6.11. The molecule has 0 fully saturated rings. The largest absolute Gasteiger partial charge is 0.481 e. The van der Waals surface area contributed by atoms with Crippen LogP contribution in [0.4, 0.5) is 0 Å². The van der Waals surface area contributed by atoms with Crippen LogP contribution in [0, 0.1) is 0 Å². The average Bonchev–Trinajstić information content (AvgIpc) is 2.66. The number of carbonyl (C=O) groups excluding carboxylic acids is 4. The molecule has 0 saturated heterocycles. The molecule has 0 bridgehead atoms. The van der Waals surface area contributed by atoms with Crippen LogP contribution < -0.4 is 10.6 Å². The third-order valence-corrected chi connectivity index (χ3v) is 3.71. The number of esters is 2. The zero-order valence-corrected chi connectivity index (χ0v) is 17.0. The van der Waals surface area contributed by atoms with Gasteiger partial charge in [-0.1, -0.05) is 0 Å². The Balaban J connectivity index is 4.65. The smallest absolute Gasteiger partial charge is 0.328 e. The van der Waals surface area contributed by atoms with Crippen LogP contribution in [0.5, 0.6) is 0 Å². The molecule has 0 spiro atoms. The lowest BCUT2D eigenvalue weighted by Gasteiger charge is -2.17. The maximum absolute atomic E-state index is 12.1. The Morgan fingerprint density at radius 3 is 1.70 bits per heavy atom. The molecule has 0 aliphatic carbocycles. The van der Waals surface area contributed by atoms with E-state index in [9.17, 15) is 28.8 Å². The van der Waals surface area contributed by atoms with Gasteiger partial charge >= 0.3 is 23.9 Å². The van der Waals surface area contributed by atoms with Crippen molar-refractivity contribution in [1.82, 2.24) is 10.6 Å². The van der Waals surface area contributed by atoms with E-state index in [1.165, 1.54) is 0 Å². The van der Waals surface area contributed by atoms with Crippen molar-refractivity contribution < 1.29 is 48.5 Å². The maximum Gasteiger partial charge on any atom is 0.328 e. The van der Waals surface area contributed by atoms with E-state index in [4.69, 9.17) is 19.7 Å². The summed E-state index contributed by atoms with van der Waals surface area (Å²) in [6.07, 6.45) is -1.66. The molecule has 12 heteroatoms. The first-order chi connectivity index (χ1) is 14.1. The van der Waals surface area contributed by atoms with Gasteiger partial charge in [-0.3, -0.25) is 19.2 Å². The summed E-state index contributed by atoms with van der Waals surface area (Å²) in [6.45, 7) is 3.45. The summed E-state index contributed by atoms with van der Waals surface area (Å²) >= 11 is 0. The molecule has 2 unspecified atom stereocenters. The normalized spacial score (nSPS) is 12.2. The first kappa shape index (κ1) is 26.8. The summed E-state index contributed by atoms with van der Waals surface area (Å²) < 4.78 is 9.62. The molecule has 30 heavy (non-hydrogen) atoms. The van der Waals surface area contributed by atoms with E-state index in [1.54, 1.807) is 13.8 Å². The molecule has 12 nitrogen and oxygen atoms in total. The van der Waals surface area contributed by atoms with Crippen molar-refractivity contribution in [3.63, 3.8) is 0 Å². The first-order valence-electron chi connectivity index (χ1n) is 9.46. The van der Waals surface area contributed by atoms with Crippen molar-refractivity contribution >= 4 is 35.7 Å². The molecular formula is C18H28N2O10. The highest BCUT2D eigenvalue weighted by atomic mass is 16.5. The minimum atomic E-state index is -1.39. The molecule has 0 saturated carbocycles. The molecule has 0 heterocycles. The Morgan fingerprint density at radius 1 is 0.733 bits per heavy atom. The number of aliphatic carboxylic acids is 2. The van der Waals surface area contributed by atoms with Gasteiger partial charge in [0.2, 0.25) is 11.8 Å². The molecule has 0 aromatic rings. The second-order valence-electron chi connectivity index (χ2n) is 6.11. The summed E-state index contributed by atoms with van der Waals surface area (Å²) in [5, 5.41) is 22.1. The molecule has 4 N–H and O–H groups in total. The van der Waals surface area contributed by atoms with Crippen LogP contribution in [-0.4, -0.2) is 71.2 Å². The van der Waals surface area contributed by atoms with Crippen molar-refractivity contribution in [3.8, 4) is 0 Å². The molecule has 0 aliphatic rings. The number of carbonyl (C=O) groups is 6. The van der Waals surface area contributed by atoms with Crippen molar-refractivity contribution in [2.24, 2.45) is 0 Å². The summed E-state index contributed by atoms with van der Waals surface area (Å²) in [5.41, 5.74) is 0. The minimum absolute atomic E-state index is 0.0497. The Hall–Kier alpha value is -3.18. The van der Waals surface area contributed by atoms with Gasteiger partial charge in [0.15, 0.2) is 0 Å². The first-order valence-corrected chi connectivity index (χ1v) is 9.46. The zero-order valence-electron chi connectivity index (χ0n) is 17.0. The Labute approximate surface area is 173 Å². The van der Waals surface area contributed by atoms with Crippen LogP contribution >= 0.6 is 0 Å². The van der Waals surface area contributed by atoms with Crippen LogP contribution in [0.1, 0.15) is 52.4 Å². The van der Waals surface area contributed by atoms with Gasteiger partial charge in [-0.05, 0) is 26.7 Å². The predicted octanol–water partition coefficient (Wildman–Crippen LogP) is -0.408. The third-order valence-electron chi connectivity index (χ3n) is 3.71.